The average Bonchev–Trinajstić information content (AvgIpc) is 2.05. The van der Waals surface area contributed by atoms with Gasteiger partial charge in [0, 0.05) is 0 Å². The first-order chi connectivity index (χ1) is 5.79. The van der Waals surface area contributed by atoms with Crippen LogP contribution in [-0.2, 0) is 6.42 Å². The van der Waals surface area contributed by atoms with E-state index in [2.05, 4.69) is 12.6 Å². The summed E-state index contributed by atoms with van der Waals surface area (Å²) >= 11 is 10.1. The first-order valence-electron chi connectivity index (χ1n) is 3.72. The molecule has 1 nitrogen and oxygen atoms in total. The van der Waals surface area contributed by atoms with Crippen LogP contribution >= 0.6 is 24.2 Å². The summed E-state index contributed by atoms with van der Waals surface area (Å²) in [6.07, 6.45) is 0.882. The van der Waals surface area contributed by atoms with Crippen molar-refractivity contribution in [1.29, 1.82) is 0 Å². The molecular formula is C9H11ClOS. The lowest BCUT2D eigenvalue weighted by Gasteiger charge is -2.08. The maximum atomic E-state index is 5.92. The molecule has 1 aromatic rings. The van der Waals surface area contributed by atoms with Gasteiger partial charge in [-0.3, -0.25) is 0 Å². The number of ether oxygens (including phenoxy) is 1. The van der Waals surface area contributed by atoms with Gasteiger partial charge in [-0.05, 0) is 23.8 Å². The van der Waals surface area contributed by atoms with Crippen LogP contribution in [0.5, 0.6) is 5.75 Å². The van der Waals surface area contributed by atoms with E-state index in [-0.39, 0.29) is 0 Å². The van der Waals surface area contributed by atoms with Crippen molar-refractivity contribution >= 4 is 24.2 Å². The van der Waals surface area contributed by atoms with Gasteiger partial charge in [-0.2, -0.15) is 12.6 Å². The standard InChI is InChI=1S/C9H11ClOS/c1-11-9-7(5-6-12)3-2-4-8(9)10/h2-4,12H,5-6H2,1H3. The smallest absolute Gasteiger partial charge is 0.140 e. The largest absolute Gasteiger partial charge is 0.495 e. The van der Waals surface area contributed by atoms with Gasteiger partial charge in [-0.25, -0.2) is 0 Å². The molecule has 0 N–H and O–H groups in total. The quantitative estimate of drug-likeness (QED) is 0.742. The van der Waals surface area contributed by atoms with Crippen molar-refractivity contribution in [3.63, 3.8) is 0 Å². The van der Waals surface area contributed by atoms with Crippen molar-refractivity contribution in [1.82, 2.24) is 0 Å². The minimum absolute atomic E-state index is 0.664. The van der Waals surface area contributed by atoms with Gasteiger partial charge in [0.05, 0.1) is 12.1 Å². The molecule has 12 heavy (non-hydrogen) atoms. The molecule has 1 aromatic carbocycles. The van der Waals surface area contributed by atoms with Crippen molar-refractivity contribution in [3.05, 3.63) is 28.8 Å². The lowest BCUT2D eigenvalue weighted by atomic mass is 10.1. The topological polar surface area (TPSA) is 9.23 Å². The molecule has 0 aliphatic rings. The number of aryl methyl sites for hydroxylation is 1. The third-order valence-corrected chi connectivity index (χ3v) is 2.16. The molecule has 0 saturated heterocycles. The predicted molar refractivity (Wildman–Crippen MR) is 55.6 cm³/mol. The summed E-state index contributed by atoms with van der Waals surface area (Å²) < 4.78 is 5.16. The molecule has 0 aromatic heterocycles. The fourth-order valence-electron chi connectivity index (χ4n) is 1.10. The third kappa shape index (κ3) is 2.08. The van der Waals surface area contributed by atoms with E-state index in [9.17, 15) is 0 Å². The van der Waals surface area contributed by atoms with E-state index < -0.39 is 0 Å². The van der Waals surface area contributed by atoms with Crippen molar-refractivity contribution in [3.8, 4) is 5.75 Å². The zero-order valence-electron chi connectivity index (χ0n) is 6.88. The van der Waals surface area contributed by atoms with Crippen LogP contribution in [0.25, 0.3) is 0 Å². The molecule has 0 heterocycles. The molecule has 0 amide bonds. The van der Waals surface area contributed by atoms with E-state index in [0.717, 1.165) is 23.5 Å². The monoisotopic (exact) mass is 202 g/mol. The number of halogens is 1. The molecule has 66 valence electrons. The van der Waals surface area contributed by atoms with Gasteiger partial charge in [0.25, 0.3) is 0 Å². The zero-order chi connectivity index (χ0) is 8.97. The summed E-state index contributed by atoms with van der Waals surface area (Å²) in [5, 5.41) is 0.664. The maximum Gasteiger partial charge on any atom is 0.140 e. The van der Waals surface area contributed by atoms with Crippen molar-refractivity contribution in [2.75, 3.05) is 12.9 Å². The molecule has 0 aliphatic heterocycles. The third-order valence-electron chi connectivity index (χ3n) is 1.63. The number of benzene rings is 1. The Hall–Kier alpha value is -0.340. The van der Waals surface area contributed by atoms with Crippen LogP contribution in [0.3, 0.4) is 0 Å². The first-order valence-corrected chi connectivity index (χ1v) is 4.73. The molecule has 0 atom stereocenters. The lowest BCUT2D eigenvalue weighted by molar-refractivity contribution is 0.410. The molecule has 0 saturated carbocycles. The van der Waals surface area contributed by atoms with Gasteiger partial charge in [-0.15, -0.1) is 0 Å². The Labute approximate surface area is 83.1 Å². The van der Waals surface area contributed by atoms with Crippen molar-refractivity contribution in [2.24, 2.45) is 0 Å². The van der Waals surface area contributed by atoms with Crippen LogP contribution in [0, 0.1) is 0 Å². The van der Waals surface area contributed by atoms with E-state index in [1.165, 1.54) is 0 Å². The molecular weight excluding hydrogens is 192 g/mol. The van der Waals surface area contributed by atoms with E-state index in [1.54, 1.807) is 7.11 Å². The van der Waals surface area contributed by atoms with Crippen LogP contribution < -0.4 is 4.74 Å². The molecule has 3 heteroatoms. The average molecular weight is 203 g/mol. The second-order valence-corrected chi connectivity index (χ2v) is 3.26. The minimum atomic E-state index is 0.664. The summed E-state index contributed by atoms with van der Waals surface area (Å²) in [7, 11) is 1.63. The molecule has 0 spiro atoms. The van der Waals surface area contributed by atoms with Crippen LogP contribution in [0.2, 0.25) is 5.02 Å². The Morgan fingerprint density at radius 3 is 2.83 bits per heavy atom. The van der Waals surface area contributed by atoms with E-state index in [1.807, 2.05) is 18.2 Å². The zero-order valence-corrected chi connectivity index (χ0v) is 8.53. The number of thiol groups is 1. The minimum Gasteiger partial charge on any atom is -0.495 e. The first kappa shape index (κ1) is 9.75. The molecule has 1 rings (SSSR count). The number of hydrogen-bond donors (Lipinski definition) is 1. The fraction of sp³-hybridized carbons (Fsp3) is 0.333. The summed E-state index contributed by atoms with van der Waals surface area (Å²) in [6.45, 7) is 0. The molecule has 0 radical (unpaired) electrons. The van der Waals surface area contributed by atoms with Crippen LogP contribution in [0.4, 0.5) is 0 Å². The molecule has 0 bridgehead atoms. The highest BCUT2D eigenvalue weighted by molar-refractivity contribution is 7.80. The van der Waals surface area contributed by atoms with Gasteiger partial charge >= 0.3 is 0 Å². The number of rotatable bonds is 3. The Bertz CT molecular complexity index is 263. The Morgan fingerprint density at radius 2 is 2.25 bits per heavy atom. The highest BCUT2D eigenvalue weighted by Gasteiger charge is 2.05. The fourth-order valence-corrected chi connectivity index (χ4v) is 1.61. The van der Waals surface area contributed by atoms with E-state index >= 15 is 0 Å². The van der Waals surface area contributed by atoms with Gasteiger partial charge in [0.15, 0.2) is 0 Å². The van der Waals surface area contributed by atoms with E-state index in [4.69, 9.17) is 16.3 Å². The maximum absolute atomic E-state index is 5.92. The summed E-state index contributed by atoms with van der Waals surface area (Å²) in [6, 6.07) is 5.74. The summed E-state index contributed by atoms with van der Waals surface area (Å²) in [5.74, 6) is 1.57. The highest BCUT2D eigenvalue weighted by Crippen LogP contribution is 2.28. The Balaban J connectivity index is 3.00. The normalized spacial score (nSPS) is 9.92. The van der Waals surface area contributed by atoms with Gasteiger partial charge in [0.2, 0.25) is 0 Å². The number of para-hydroxylation sites is 1. The lowest BCUT2D eigenvalue weighted by Crippen LogP contribution is -1.93. The predicted octanol–water partition coefficient (Wildman–Crippen LogP) is 2.82. The van der Waals surface area contributed by atoms with Crippen molar-refractivity contribution in [2.45, 2.75) is 6.42 Å². The van der Waals surface area contributed by atoms with Crippen LogP contribution in [0.15, 0.2) is 18.2 Å². The second-order valence-electron chi connectivity index (χ2n) is 2.41. The highest BCUT2D eigenvalue weighted by atomic mass is 35.5. The van der Waals surface area contributed by atoms with Crippen molar-refractivity contribution < 1.29 is 4.74 Å². The van der Waals surface area contributed by atoms with Gasteiger partial charge in [-0.1, -0.05) is 23.7 Å². The molecule has 0 fully saturated rings. The Morgan fingerprint density at radius 1 is 1.50 bits per heavy atom. The molecule has 0 unspecified atom stereocenters. The number of hydrogen-bond acceptors (Lipinski definition) is 2. The summed E-state index contributed by atoms with van der Waals surface area (Å²) in [5.41, 5.74) is 1.11. The summed E-state index contributed by atoms with van der Waals surface area (Å²) in [4.78, 5) is 0. The molecule has 0 aliphatic carbocycles. The SMILES string of the molecule is COc1c(Cl)cccc1CCS. The van der Waals surface area contributed by atoms with E-state index in [0.29, 0.717) is 5.02 Å². The number of methoxy groups -OCH3 is 1. The van der Waals surface area contributed by atoms with Crippen LogP contribution in [0.1, 0.15) is 5.56 Å². The van der Waals surface area contributed by atoms with Gasteiger partial charge in [0.1, 0.15) is 5.75 Å². The van der Waals surface area contributed by atoms with Gasteiger partial charge < -0.3 is 4.74 Å². The Kier molecular flexibility index (Phi) is 3.76. The van der Waals surface area contributed by atoms with Crippen LogP contribution in [-0.4, -0.2) is 12.9 Å². The second kappa shape index (κ2) is 4.63.